The van der Waals surface area contributed by atoms with E-state index in [0.717, 1.165) is 27.5 Å². The Morgan fingerprint density at radius 2 is 1.72 bits per heavy atom. The highest BCUT2D eigenvalue weighted by atomic mass is 32.2. The predicted molar refractivity (Wildman–Crippen MR) is 127 cm³/mol. The van der Waals surface area contributed by atoms with E-state index in [1.54, 1.807) is 31.5 Å². The second-order valence-corrected chi connectivity index (χ2v) is 9.24. The number of sulfonamides is 1. The smallest absolute Gasteiger partial charge is 0.236 e. The van der Waals surface area contributed by atoms with Crippen LogP contribution in [0.2, 0.25) is 0 Å². The molecule has 2 heterocycles. The van der Waals surface area contributed by atoms with Crippen molar-refractivity contribution in [1.82, 2.24) is 20.2 Å². The van der Waals surface area contributed by atoms with Gasteiger partial charge in [-0.3, -0.25) is 14.7 Å². The van der Waals surface area contributed by atoms with E-state index < -0.39 is 10.0 Å². The topological polar surface area (TPSA) is 104 Å². The zero-order valence-electron chi connectivity index (χ0n) is 17.2. The van der Waals surface area contributed by atoms with E-state index in [2.05, 4.69) is 43.1 Å². The number of benzene rings is 3. The monoisotopic (exact) mass is 444 g/mol. The first-order valence-electron chi connectivity index (χ1n) is 10.1. The highest BCUT2D eigenvalue weighted by molar-refractivity contribution is 7.92. The third-order valence-electron chi connectivity index (χ3n) is 5.16. The Kier molecular flexibility index (Phi) is 4.95. The fourth-order valence-corrected chi connectivity index (χ4v) is 4.17. The van der Waals surface area contributed by atoms with Crippen LogP contribution in [0.25, 0.3) is 21.8 Å². The highest BCUT2D eigenvalue weighted by Gasteiger charge is 2.19. The van der Waals surface area contributed by atoms with Crippen LogP contribution in [0.5, 0.6) is 0 Å². The van der Waals surface area contributed by atoms with Crippen LogP contribution in [0.15, 0.2) is 79.1 Å². The van der Waals surface area contributed by atoms with Crippen molar-refractivity contribution in [1.29, 1.82) is 0 Å². The minimum atomic E-state index is -3.36. The summed E-state index contributed by atoms with van der Waals surface area (Å²) < 4.78 is 26.4. The van der Waals surface area contributed by atoms with Gasteiger partial charge >= 0.3 is 0 Å². The quantitative estimate of drug-likeness (QED) is 0.392. The summed E-state index contributed by atoms with van der Waals surface area (Å²) in [7, 11) is -3.36. The summed E-state index contributed by atoms with van der Waals surface area (Å²) in [5, 5.41) is 9.88. The molecule has 9 heteroatoms. The number of aromatic nitrogens is 4. The fraction of sp³-hybridized carbons (Fsp3) is 0.0870. The van der Waals surface area contributed by atoms with Gasteiger partial charge in [0.15, 0.2) is 5.65 Å². The van der Waals surface area contributed by atoms with Crippen molar-refractivity contribution in [2.45, 2.75) is 6.92 Å². The molecule has 5 aromatic rings. The van der Waals surface area contributed by atoms with E-state index in [1.807, 2.05) is 41.3 Å². The summed E-state index contributed by atoms with van der Waals surface area (Å²) in [4.78, 5) is 11.2. The zero-order chi connectivity index (χ0) is 22.1. The maximum atomic E-state index is 11.9. The maximum absolute atomic E-state index is 11.9. The molecule has 32 heavy (non-hydrogen) atoms. The normalized spacial score (nSPS) is 11.7. The molecule has 8 nitrogen and oxygen atoms in total. The van der Waals surface area contributed by atoms with Crippen molar-refractivity contribution < 1.29 is 8.42 Å². The van der Waals surface area contributed by atoms with Gasteiger partial charge in [-0.15, -0.1) is 0 Å². The molecule has 0 saturated heterocycles. The molecule has 0 amide bonds. The standard InChI is InChI=1S/C23H20N6O2S/c1-2-32(30,31)28-18-10-12-19(13-11-18)29(23-24-14-17-15-25-27-22(17)26-23)21-9-5-7-16-6-3-4-8-20(16)21/h3-15,28H,2H2,1H3,(H,24,25,26,27). The van der Waals surface area contributed by atoms with Crippen LogP contribution in [-0.2, 0) is 10.0 Å². The van der Waals surface area contributed by atoms with Gasteiger partial charge in [-0.05, 0) is 42.6 Å². The Morgan fingerprint density at radius 1 is 0.938 bits per heavy atom. The summed E-state index contributed by atoms with van der Waals surface area (Å²) in [6.45, 7) is 1.60. The lowest BCUT2D eigenvalue weighted by atomic mass is 10.1. The molecule has 0 fully saturated rings. The van der Waals surface area contributed by atoms with E-state index in [1.165, 1.54) is 0 Å². The third-order valence-corrected chi connectivity index (χ3v) is 6.47. The lowest BCUT2D eigenvalue weighted by Gasteiger charge is -2.24. The number of nitrogens with zero attached hydrogens (tertiary/aromatic N) is 4. The van der Waals surface area contributed by atoms with Crippen LogP contribution in [0.3, 0.4) is 0 Å². The number of hydrogen-bond donors (Lipinski definition) is 2. The molecule has 160 valence electrons. The van der Waals surface area contributed by atoms with Crippen LogP contribution in [0, 0.1) is 0 Å². The van der Waals surface area contributed by atoms with Gasteiger partial charge in [0, 0.05) is 23.0 Å². The molecule has 0 aliphatic rings. The van der Waals surface area contributed by atoms with Crippen molar-refractivity contribution in [3.63, 3.8) is 0 Å². The number of anilines is 4. The maximum Gasteiger partial charge on any atom is 0.236 e. The van der Waals surface area contributed by atoms with Crippen molar-refractivity contribution in [3.8, 4) is 0 Å². The Bertz CT molecular complexity index is 1510. The molecular weight excluding hydrogens is 424 g/mol. The second-order valence-electron chi connectivity index (χ2n) is 7.23. The average molecular weight is 445 g/mol. The number of hydrogen-bond acceptors (Lipinski definition) is 6. The summed E-state index contributed by atoms with van der Waals surface area (Å²) in [5.74, 6) is 0.481. The fourth-order valence-electron chi connectivity index (χ4n) is 3.53. The first kappa shape index (κ1) is 20.0. The van der Waals surface area contributed by atoms with Crippen LogP contribution in [-0.4, -0.2) is 34.3 Å². The molecule has 0 aliphatic heterocycles. The number of H-pyrrole nitrogens is 1. The largest absolute Gasteiger partial charge is 0.284 e. The highest BCUT2D eigenvalue weighted by Crippen LogP contribution is 2.37. The second kappa shape index (κ2) is 7.93. The van der Waals surface area contributed by atoms with Gasteiger partial charge in [0.1, 0.15) is 0 Å². The minimum Gasteiger partial charge on any atom is -0.284 e. The van der Waals surface area contributed by atoms with Crippen LogP contribution < -0.4 is 9.62 Å². The molecule has 0 saturated carbocycles. The number of aromatic amines is 1. The van der Waals surface area contributed by atoms with E-state index >= 15 is 0 Å². The summed E-state index contributed by atoms with van der Waals surface area (Å²) in [5.41, 5.74) is 2.83. The average Bonchev–Trinajstić information content (AvgIpc) is 3.28. The predicted octanol–water partition coefficient (Wildman–Crippen LogP) is 4.74. The first-order valence-corrected chi connectivity index (χ1v) is 11.7. The van der Waals surface area contributed by atoms with Gasteiger partial charge < -0.3 is 0 Å². The molecule has 0 aliphatic carbocycles. The Morgan fingerprint density at radius 3 is 2.53 bits per heavy atom. The van der Waals surface area contributed by atoms with Crippen LogP contribution >= 0.6 is 0 Å². The molecule has 0 unspecified atom stereocenters. The van der Waals surface area contributed by atoms with E-state index in [9.17, 15) is 8.42 Å². The molecule has 0 bridgehead atoms. The van der Waals surface area contributed by atoms with Crippen LogP contribution in [0.1, 0.15) is 6.92 Å². The molecule has 2 aromatic heterocycles. The summed E-state index contributed by atoms with van der Waals surface area (Å²) >= 11 is 0. The lowest BCUT2D eigenvalue weighted by molar-refractivity contribution is 0.602. The lowest BCUT2D eigenvalue weighted by Crippen LogP contribution is -2.15. The van der Waals surface area contributed by atoms with Crippen molar-refractivity contribution >= 4 is 54.8 Å². The van der Waals surface area contributed by atoms with Crippen molar-refractivity contribution in [2.24, 2.45) is 0 Å². The molecule has 0 radical (unpaired) electrons. The van der Waals surface area contributed by atoms with Gasteiger partial charge in [-0.1, -0.05) is 36.4 Å². The number of nitrogens with one attached hydrogen (secondary N) is 2. The Labute approximate surface area is 185 Å². The number of fused-ring (bicyclic) bond motifs is 2. The van der Waals surface area contributed by atoms with E-state index in [4.69, 9.17) is 0 Å². The van der Waals surface area contributed by atoms with Gasteiger partial charge in [0.2, 0.25) is 16.0 Å². The molecule has 0 spiro atoms. The van der Waals surface area contributed by atoms with Crippen LogP contribution in [0.4, 0.5) is 23.0 Å². The molecule has 3 aromatic carbocycles. The Hall–Kier alpha value is -3.98. The van der Waals surface area contributed by atoms with E-state index in [-0.39, 0.29) is 5.75 Å². The van der Waals surface area contributed by atoms with Crippen molar-refractivity contribution in [2.75, 3.05) is 15.4 Å². The Balaban J connectivity index is 1.66. The minimum absolute atomic E-state index is 0.00885. The van der Waals surface area contributed by atoms with Gasteiger partial charge in [-0.2, -0.15) is 10.1 Å². The zero-order valence-corrected chi connectivity index (χ0v) is 18.0. The molecule has 5 rings (SSSR count). The summed E-state index contributed by atoms with van der Waals surface area (Å²) in [6, 6.07) is 21.3. The van der Waals surface area contributed by atoms with Gasteiger partial charge in [0.05, 0.1) is 23.0 Å². The van der Waals surface area contributed by atoms with Gasteiger partial charge in [-0.25, -0.2) is 13.4 Å². The molecule has 2 N–H and O–H groups in total. The van der Waals surface area contributed by atoms with Crippen molar-refractivity contribution in [3.05, 3.63) is 79.1 Å². The summed E-state index contributed by atoms with van der Waals surface area (Å²) in [6.07, 6.45) is 3.40. The molecular formula is C23H20N6O2S. The van der Waals surface area contributed by atoms with E-state index in [0.29, 0.717) is 17.3 Å². The van der Waals surface area contributed by atoms with Gasteiger partial charge in [0.25, 0.3) is 0 Å². The third kappa shape index (κ3) is 3.74. The SMILES string of the molecule is CCS(=O)(=O)Nc1ccc(N(c2ncc3cn[nH]c3n2)c2cccc3ccccc23)cc1. The molecule has 0 atom stereocenters. The number of rotatable bonds is 6. The first-order chi connectivity index (χ1) is 15.5.